The van der Waals surface area contributed by atoms with Crippen LogP contribution in [0.15, 0.2) is 171 Å². The highest BCUT2D eigenvalue weighted by molar-refractivity contribution is 6.31. The van der Waals surface area contributed by atoms with Gasteiger partial charge in [0.2, 0.25) is 17.7 Å². The Morgan fingerprint density at radius 3 is 1.12 bits per heavy atom. The predicted octanol–water partition coefficient (Wildman–Crippen LogP) is 13.0. The van der Waals surface area contributed by atoms with Gasteiger partial charge in [0.05, 0.1) is 34.3 Å². The Hall–Kier alpha value is -11.5. The normalized spacial score (nSPS) is 15.2. The van der Waals surface area contributed by atoms with Crippen LogP contribution in [-0.4, -0.2) is 84.4 Å². The van der Waals surface area contributed by atoms with Gasteiger partial charge in [-0.3, -0.25) is 28.8 Å². The minimum Gasteiger partial charge on any atom is -0.369 e. The summed E-state index contributed by atoms with van der Waals surface area (Å²) in [6, 6.07) is 33.2. The first-order valence-electron chi connectivity index (χ1n) is 29.8. The number of nitrogens with one attached hydrogen (secondary N) is 6. The van der Waals surface area contributed by atoms with Crippen molar-refractivity contribution in [3.05, 3.63) is 232 Å². The second-order valence-electron chi connectivity index (χ2n) is 22.1. The van der Waals surface area contributed by atoms with Crippen LogP contribution >= 0.6 is 23.2 Å². The van der Waals surface area contributed by atoms with Crippen molar-refractivity contribution < 1.29 is 59.5 Å². The molecule has 3 aliphatic rings. The molecule has 9 aromatic rings. The Bertz CT molecular complexity index is 4460. The molecule has 0 saturated heterocycles. The number of anilines is 6. The topological polar surface area (TPSA) is 306 Å². The minimum absolute atomic E-state index is 0.00308. The molecule has 30 heteroatoms. The molecule has 12 rings (SSSR count). The number of nitrogens with two attached hydrogens (primary N) is 3. The zero-order valence-corrected chi connectivity index (χ0v) is 52.8. The van der Waals surface area contributed by atoms with Crippen molar-refractivity contribution in [2.75, 3.05) is 51.5 Å². The molecule has 98 heavy (non-hydrogen) atoms. The van der Waals surface area contributed by atoms with Gasteiger partial charge in [0.25, 0.3) is 17.7 Å². The number of para-hydroxylation sites is 3. The van der Waals surface area contributed by atoms with Crippen molar-refractivity contribution >= 4 is 93.2 Å². The summed E-state index contributed by atoms with van der Waals surface area (Å²) in [4.78, 5) is 72.7. The number of rotatable bonds is 15. The maximum absolute atomic E-state index is 13.8. The number of carbonyl (C=O) groups is 6. The van der Waals surface area contributed by atoms with Gasteiger partial charge < -0.3 is 49.1 Å². The van der Waals surface area contributed by atoms with Crippen molar-refractivity contribution in [2.45, 2.75) is 49.7 Å². The SMILES string of the molecule is C=CC(=O)Nc1ccccc1C1CCNc2c(C(N)=O)c(-c3ccc(Cl)c(C(F)(F)F)c3)nn21.C=CC(=O)Nc1ccccc1C1CCNc2c(C(N)=O)c(-c3ccc(Cl)cc3)nn21.C=CC(=O)Nc1ccccc1C1CCNc2c(C(N)=O)c(-c3ccc(F)c(C(F)(F)F)c3)nn21. The summed E-state index contributed by atoms with van der Waals surface area (Å²) in [5.41, 5.74) is 19.6. The zero-order chi connectivity index (χ0) is 70.5. The summed E-state index contributed by atoms with van der Waals surface area (Å²) in [6.45, 7) is 11.9. The lowest BCUT2D eigenvalue weighted by atomic mass is 9.99. The average molecular weight is 1390 g/mol. The predicted molar refractivity (Wildman–Crippen MR) is 358 cm³/mol. The molecule has 6 amide bonds. The van der Waals surface area contributed by atoms with E-state index in [0.717, 1.165) is 41.5 Å². The van der Waals surface area contributed by atoms with Crippen molar-refractivity contribution in [3.8, 4) is 33.8 Å². The van der Waals surface area contributed by atoms with Crippen molar-refractivity contribution in [1.82, 2.24) is 29.3 Å². The standard InChI is InChI=1S/C23H19ClF3N5O2.C23H19F4N5O2.C22H20ClN5O2/c2*1-2-18(33)30-16-6-4-3-5-13(16)17-9-10-29-22-19(21(28)34)20(31-32(17)22)12-7-8-15(24)14(11-12)23(25,26)27;1-2-18(29)26-16-6-4-3-5-15(16)17-11-12-25-22-19(21(24)30)20(27-28(17)22)13-7-9-14(23)10-8-13/h2*2-8,11,17,29H,1,9-10H2,(H2,28,34)(H,30,33);2-10,17,25H,1,11-12H2,(H2,24,30)(H,26,29). The highest BCUT2D eigenvalue weighted by atomic mass is 35.5. The number of aromatic nitrogens is 6. The van der Waals surface area contributed by atoms with Gasteiger partial charge in [0, 0.05) is 75.1 Å². The molecule has 0 aliphatic carbocycles. The van der Waals surface area contributed by atoms with Gasteiger partial charge in [-0.2, -0.15) is 41.6 Å². The molecule has 0 bridgehead atoms. The Morgan fingerprint density at radius 1 is 0.469 bits per heavy atom. The molecular formula is C68H58Cl2F7N15O6. The molecular weight excluding hydrogens is 1330 g/mol. The van der Waals surface area contributed by atoms with E-state index in [2.05, 4.69) is 61.8 Å². The number of halogens is 9. The smallest absolute Gasteiger partial charge is 0.369 e. The maximum atomic E-state index is 13.8. The van der Waals surface area contributed by atoms with Gasteiger partial charge in [-0.05, 0) is 98.2 Å². The molecule has 3 atom stereocenters. The summed E-state index contributed by atoms with van der Waals surface area (Å²) in [6.07, 6.45) is -4.41. The van der Waals surface area contributed by atoms with Gasteiger partial charge >= 0.3 is 12.4 Å². The van der Waals surface area contributed by atoms with E-state index in [4.69, 9.17) is 45.5 Å². The third-order valence-corrected chi connectivity index (χ3v) is 16.6. The van der Waals surface area contributed by atoms with Crippen LogP contribution in [0.3, 0.4) is 0 Å². The Morgan fingerprint density at radius 2 is 0.786 bits per heavy atom. The van der Waals surface area contributed by atoms with Gasteiger partial charge in [-0.25, -0.2) is 18.4 Å². The average Bonchev–Trinajstić information content (AvgIpc) is 1.61. The van der Waals surface area contributed by atoms with Crippen LogP contribution in [0.25, 0.3) is 33.8 Å². The molecule has 3 unspecified atom stereocenters. The third-order valence-electron chi connectivity index (χ3n) is 16.0. The fourth-order valence-corrected chi connectivity index (χ4v) is 12.0. The van der Waals surface area contributed by atoms with Crippen molar-refractivity contribution in [2.24, 2.45) is 17.2 Å². The highest BCUT2D eigenvalue weighted by Gasteiger charge is 2.39. The number of hydrogen-bond acceptors (Lipinski definition) is 12. The van der Waals surface area contributed by atoms with E-state index in [1.54, 1.807) is 77.5 Å². The molecule has 21 nitrogen and oxygen atoms in total. The van der Waals surface area contributed by atoms with Crippen molar-refractivity contribution in [1.29, 1.82) is 0 Å². The van der Waals surface area contributed by atoms with E-state index in [1.807, 2.05) is 24.3 Å². The lowest BCUT2D eigenvalue weighted by molar-refractivity contribution is -0.140. The molecule has 6 heterocycles. The molecule has 0 saturated carbocycles. The molecule has 6 aromatic carbocycles. The summed E-state index contributed by atoms with van der Waals surface area (Å²) in [5, 5.41) is 31.5. The van der Waals surface area contributed by atoms with Crippen LogP contribution in [0.1, 0.15) is 96.3 Å². The molecule has 0 radical (unpaired) electrons. The second-order valence-corrected chi connectivity index (χ2v) is 22.9. The second kappa shape index (κ2) is 28.8. The number of amides is 6. The molecule has 3 aromatic heterocycles. The lowest BCUT2D eigenvalue weighted by Gasteiger charge is -2.28. The van der Waals surface area contributed by atoms with E-state index in [1.165, 1.54) is 21.5 Å². The Labute approximate surface area is 563 Å². The number of fused-ring (bicyclic) bond motifs is 3. The van der Waals surface area contributed by atoms with E-state index in [0.29, 0.717) is 101 Å². The summed E-state index contributed by atoms with van der Waals surface area (Å²) >= 11 is 11.8. The van der Waals surface area contributed by atoms with E-state index < -0.39 is 75.9 Å². The summed E-state index contributed by atoms with van der Waals surface area (Å²) in [5.74, 6) is -3.81. The molecule has 0 spiro atoms. The highest BCUT2D eigenvalue weighted by Crippen LogP contribution is 2.45. The number of carbonyl (C=O) groups excluding carboxylic acids is 6. The molecule has 3 aliphatic heterocycles. The fraction of sp³-hybridized carbons (Fsp3) is 0.162. The number of hydrogen-bond donors (Lipinski definition) is 9. The fourth-order valence-electron chi connectivity index (χ4n) is 11.6. The van der Waals surface area contributed by atoms with Gasteiger partial charge in [0.15, 0.2) is 0 Å². The van der Waals surface area contributed by atoms with E-state index in [9.17, 15) is 59.5 Å². The van der Waals surface area contributed by atoms with Crippen LogP contribution < -0.4 is 49.1 Å². The molecule has 12 N–H and O–H groups in total. The lowest BCUT2D eigenvalue weighted by Crippen LogP contribution is -2.27. The largest absolute Gasteiger partial charge is 0.419 e. The van der Waals surface area contributed by atoms with E-state index in [-0.39, 0.29) is 57.2 Å². The molecule has 504 valence electrons. The number of nitrogens with zero attached hydrogens (tertiary/aromatic N) is 6. The van der Waals surface area contributed by atoms with E-state index >= 15 is 0 Å². The van der Waals surface area contributed by atoms with Gasteiger partial charge in [-0.15, -0.1) is 0 Å². The van der Waals surface area contributed by atoms with Gasteiger partial charge in [0.1, 0.15) is 57.0 Å². The van der Waals surface area contributed by atoms with Crippen LogP contribution in [-0.2, 0) is 26.7 Å². The Balaban J connectivity index is 0.000000160. The van der Waals surface area contributed by atoms with Gasteiger partial charge in [-0.1, -0.05) is 116 Å². The Kier molecular flexibility index (Phi) is 20.4. The number of benzene rings is 6. The quantitative estimate of drug-likeness (QED) is 0.0342. The number of alkyl halides is 6. The van der Waals surface area contributed by atoms with Crippen molar-refractivity contribution in [3.63, 3.8) is 0 Å². The monoisotopic (exact) mass is 1380 g/mol. The number of primary amides is 3. The molecule has 0 fully saturated rings. The summed E-state index contributed by atoms with van der Waals surface area (Å²) in [7, 11) is 0. The van der Waals surface area contributed by atoms with Crippen LogP contribution in [0.4, 0.5) is 65.2 Å². The zero-order valence-electron chi connectivity index (χ0n) is 51.3. The third kappa shape index (κ3) is 14.5. The van der Waals surface area contributed by atoms with Crippen LogP contribution in [0.2, 0.25) is 10.0 Å². The first-order valence-corrected chi connectivity index (χ1v) is 30.5. The first-order chi connectivity index (χ1) is 46.7. The van der Waals surface area contributed by atoms with Crippen LogP contribution in [0.5, 0.6) is 0 Å². The maximum Gasteiger partial charge on any atom is 0.419 e. The minimum atomic E-state index is -4.94. The first kappa shape index (κ1) is 69.3. The summed E-state index contributed by atoms with van der Waals surface area (Å²) < 4.78 is 98.7. The van der Waals surface area contributed by atoms with Crippen LogP contribution in [0, 0.1) is 5.82 Å².